The topological polar surface area (TPSA) is 60.9 Å². The normalized spacial score (nSPS) is 11.8. The van der Waals surface area contributed by atoms with Crippen LogP contribution < -0.4 is 9.80 Å². The van der Waals surface area contributed by atoms with E-state index in [-0.39, 0.29) is 12.5 Å². The van der Waals surface area contributed by atoms with Gasteiger partial charge in [0.1, 0.15) is 0 Å². The average molecular weight is 292 g/mol. The average Bonchev–Trinajstić information content (AvgIpc) is 2.44. The van der Waals surface area contributed by atoms with Gasteiger partial charge < -0.3 is 14.9 Å². The van der Waals surface area contributed by atoms with E-state index in [2.05, 4.69) is 0 Å². The molecule has 0 bridgehead atoms. The molecule has 0 aliphatic rings. The van der Waals surface area contributed by atoms with E-state index in [1.165, 1.54) is 0 Å². The number of aliphatic carboxylic acids is 1. The van der Waals surface area contributed by atoms with E-state index in [0.29, 0.717) is 6.42 Å². The number of hydrogen-bond donors (Lipinski definition) is 1. The van der Waals surface area contributed by atoms with Gasteiger partial charge in [-0.15, -0.1) is 0 Å². The van der Waals surface area contributed by atoms with Crippen molar-refractivity contribution in [3.63, 3.8) is 0 Å². The summed E-state index contributed by atoms with van der Waals surface area (Å²) >= 11 is 0. The monoisotopic (exact) mass is 292 g/mol. The first-order chi connectivity index (χ1) is 9.86. The number of nitrogens with zero attached hydrogens (tertiary/aromatic N) is 2. The van der Waals surface area contributed by atoms with Gasteiger partial charge in [-0.25, -0.2) is 0 Å². The molecule has 0 aliphatic carbocycles. The third-order valence-electron chi connectivity index (χ3n) is 3.32. The maximum atomic E-state index is 12.2. The molecule has 1 N–H and O–H groups in total. The summed E-state index contributed by atoms with van der Waals surface area (Å²) in [6.07, 6.45) is 1.16. The number of rotatable bonds is 7. The molecule has 21 heavy (non-hydrogen) atoms. The maximum absolute atomic E-state index is 12.2. The number of carboxylic acids is 1. The lowest BCUT2D eigenvalue weighted by Crippen LogP contribution is -2.36. The Morgan fingerprint density at radius 2 is 1.67 bits per heavy atom. The first kappa shape index (κ1) is 17.0. The zero-order valence-corrected chi connectivity index (χ0v) is 13.2. The van der Waals surface area contributed by atoms with Crippen molar-refractivity contribution in [3.8, 4) is 0 Å². The molecule has 1 rings (SSSR count). The minimum absolute atomic E-state index is 0.0387. The van der Waals surface area contributed by atoms with Crippen LogP contribution in [-0.4, -0.2) is 37.6 Å². The van der Waals surface area contributed by atoms with Crippen molar-refractivity contribution in [1.29, 1.82) is 0 Å². The van der Waals surface area contributed by atoms with Crippen LogP contribution in [0.4, 0.5) is 11.4 Å². The van der Waals surface area contributed by atoms with Crippen LogP contribution in [0.3, 0.4) is 0 Å². The third kappa shape index (κ3) is 4.77. The minimum Gasteiger partial charge on any atom is -0.481 e. The highest BCUT2D eigenvalue weighted by molar-refractivity contribution is 5.94. The van der Waals surface area contributed by atoms with Crippen LogP contribution in [-0.2, 0) is 9.59 Å². The zero-order valence-electron chi connectivity index (χ0n) is 13.2. The standard InChI is InChI=1S/C16H24N2O3/c1-5-6-15(19)18(11-12(2)16(20)21)14-9-7-13(8-10-14)17(3)4/h7-10,12H,5-6,11H2,1-4H3,(H,20,21). The first-order valence-electron chi connectivity index (χ1n) is 7.17. The Bertz CT molecular complexity index is 483. The van der Waals surface area contributed by atoms with E-state index < -0.39 is 11.9 Å². The Morgan fingerprint density at radius 1 is 1.14 bits per heavy atom. The van der Waals surface area contributed by atoms with E-state index in [1.807, 2.05) is 50.2 Å². The SMILES string of the molecule is CCCC(=O)N(CC(C)C(=O)O)c1ccc(N(C)C)cc1. The molecule has 1 aromatic rings. The summed E-state index contributed by atoms with van der Waals surface area (Å²) in [5, 5.41) is 9.06. The molecular weight excluding hydrogens is 268 g/mol. The molecule has 0 heterocycles. The Hall–Kier alpha value is -2.04. The molecule has 5 nitrogen and oxygen atoms in total. The fourth-order valence-corrected chi connectivity index (χ4v) is 1.98. The van der Waals surface area contributed by atoms with E-state index in [0.717, 1.165) is 17.8 Å². The van der Waals surface area contributed by atoms with Crippen LogP contribution in [0.2, 0.25) is 0 Å². The number of carbonyl (C=O) groups excluding carboxylic acids is 1. The number of anilines is 2. The Labute approximate surface area is 126 Å². The Balaban J connectivity index is 2.99. The summed E-state index contributed by atoms with van der Waals surface area (Å²) < 4.78 is 0. The van der Waals surface area contributed by atoms with Gasteiger partial charge in [0.25, 0.3) is 0 Å². The largest absolute Gasteiger partial charge is 0.481 e. The lowest BCUT2D eigenvalue weighted by Gasteiger charge is -2.25. The quantitative estimate of drug-likeness (QED) is 0.839. The highest BCUT2D eigenvalue weighted by Crippen LogP contribution is 2.21. The molecule has 0 aliphatic heterocycles. The highest BCUT2D eigenvalue weighted by atomic mass is 16.4. The van der Waals surface area contributed by atoms with Gasteiger partial charge in [-0.3, -0.25) is 9.59 Å². The predicted molar refractivity (Wildman–Crippen MR) is 84.8 cm³/mol. The Kier molecular flexibility index (Phi) is 6.21. The third-order valence-corrected chi connectivity index (χ3v) is 3.32. The van der Waals surface area contributed by atoms with Gasteiger partial charge in [0, 0.05) is 38.4 Å². The zero-order chi connectivity index (χ0) is 16.0. The van der Waals surface area contributed by atoms with E-state index in [1.54, 1.807) is 11.8 Å². The van der Waals surface area contributed by atoms with Crippen molar-refractivity contribution in [2.24, 2.45) is 5.92 Å². The van der Waals surface area contributed by atoms with Crippen LogP contribution in [0.1, 0.15) is 26.7 Å². The molecule has 0 saturated heterocycles. The molecule has 1 aromatic carbocycles. The number of amides is 1. The predicted octanol–water partition coefficient (Wildman–Crippen LogP) is 2.61. The summed E-state index contributed by atoms with van der Waals surface area (Å²) in [4.78, 5) is 26.8. The van der Waals surface area contributed by atoms with Crippen LogP contribution in [0.25, 0.3) is 0 Å². The fraction of sp³-hybridized carbons (Fsp3) is 0.500. The van der Waals surface area contributed by atoms with Crippen LogP contribution in [0, 0.1) is 5.92 Å². The first-order valence-corrected chi connectivity index (χ1v) is 7.17. The molecule has 116 valence electrons. The lowest BCUT2D eigenvalue weighted by molar-refractivity contribution is -0.140. The van der Waals surface area contributed by atoms with E-state index in [4.69, 9.17) is 5.11 Å². The smallest absolute Gasteiger partial charge is 0.308 e. The van der Waals surface area contributed by atoms with Crippen LogP contribution in [0.5, 0.6) is 0 Å². The number of benzene rings is 1. The van der Waals surface area contributed by atoms with Crippen LogP contribution >= 0.6 is 0 Å². The number of carbonyl (C=O) groups is 2. The van der Waals surface area contributed by atoms with Crippen molar-refractivity contribution < 1.29 is 14.7 Å². The molecule has 1 unspecified atom stereocenters. The van der Waals surface area contributed by atoms with Crippen molar-refractivity contribution in [3.05, 3.63) is 24.3 Å². The summed E-state index contributed by atoms with van der Waals surface area (Å²) in [7, 11) is 3.89. The maximum Gasteiger partial charge on any atom is 0.308 e. The Morgan fingerprint density at radius 3 is 2.10 bits per heavy atom. The molecule has 0 saturated carbocycles. The van der Waals surface area contributed by atoms with E-state index in [9.17, 15) is 9.59 Å². The van der Waals surface area contributed by atoms with Gasteiger partial charge >= 0.3 is 5.97 Å². The molecule has 0 radical (unpaired) electrons. The lowest BCUT2D eigenvalue weighted by atomic mass is 10.1. The van der Waals surface area contributed by atoms with Crippen molar-refractivity contribution in [1.82, 2.24) is 0 Å². The van der Waals surface area contributed by atoms with Gasteiger partial charge in [0.2, 0.25) is 5.91 Å². The fourth-order valence-electron chi connectivity index (χ4n) is 1.98. The second-order valence-electron chi connectivity index (χ2n) is 5.40. The molecule has 0 spiro atoms. The highest BCUT2D eigenvalue weighted by Gasteiger charge is 2.21. The second kappa shape index (κ2) is 7.67. The summed E-state index contributed by atoms with van der Waals surface area (Å²) in [6.45, 7) is 3.74. The summed E-state index contributed by atoms with van der Waals surface area (Å²) in [5.74, 6) is -1.53. The molecule has 0 fully saturated rings. The second-order valence-corrected chi connectivity index (χ2v) is 5.40. The van der Waals surface area contributed by atoms with Crippen molar-refractivity contribution in [2.75, 3.05) is 30.4 Å². The molecular formula is C16H24N2O3. The van der Waals surface area contributed by atoms with E-state index >= 15 is 0 Å². The molecule has 0 aromatic heterocycles. The minimum atomic E-state index is -0.894. The van der Waals surface area contributed by atoms with Gasteiger partial charge in [-0.2, -0.15) is 0 Å². The number of carboxylic acid groups (broad SMARTS) is 1. The molecule has 1 atom stereocenters. The van der Waals surface area contributed by atoms with Gasteiger partial charge in [0.05, 0.1) is 5.92 Å². The van der Waals surface area contributed by atoms with Gasteiger partial charge in [0.15, 0.2) is 0 Å². The van der Waals surface area contributed by atoms with Gasteiger partial charge in [-0.05, 0) is 30.7 Å². The van der Waals surface area contributed by atoms with Gasteiger partial charge in [-0.1, -0.05) is 13.8 Å². The van der Waals surface area contributed by atoms with Crippen molar-refractivity contribution in [2.45, 2.75) is 26.7 Å². The summed E-state index contributed by atoms with van der Waals surface area (Å²) in [6, 6.07) is 7.56. The number of hydrogen-bond acceptors (Lipinski definition) is 3. The molecule has 5 heteroatoms. The molecule has 1 amide bonds. The summed E-state index contributed by atoms with van der Waals surface area (Å²) in [5.41, 5.74) is 1.78. The van der Waals surface area contributed by atoms with Crippen LogP contribution in [0.15, 0.2) is 24.3 Å². The van der Waals surface area contributed by atoms with Crippen molar-refractivity contribution >= 4 is 23.3 Å².